The number of benzene rings is 2. The molecule has 34 heavy (non-hydrogen) atoms. The highest BCUT2D eigenvalue weighted by atomic mass is 16.6. The molecule has 180 valence electrons. The van der Waals surface area contributed by atoms with E-state index in [1.807, 2.05) is 13.8 Å². The molecule has 2 aromatic rings. The van der Waals surface area contributed by atoms with Crippen molar-refractivity contribution in [2.45, 2.75) is 26.7 Å². The largest absolute Gasteiger partial charge is 0.462 e. The zero-order valence-electron chi connectivity index (χ0n) is 18.7. The first-order valence-electron chi connectivity index (χ1n) is 10.4. The molecular weight excluding hydrogens is 446 g/mol. The SMILES string of the molecule is CC(C)COC(=O)c1ccc(NC(=O)COC(=O)CCC(=O)Nc2cccc([N+](=O)[O-])c2)cc1. The molecule has 0 heterocycles. The quantitative estimate of drug-likeness (QED) is 0.287. The average Bonchev–Trinajstić information content (AvgIpc) is 2.80. The van der Waals surface area contributed by atoms with Crippen molar-refractivity contribution in [3.05, 3.63) is 64.2 Å². The third-order valence-corrected chi connectivity index (χ3v) is 4.21. The smallest absolute Gasteiger partial charge is 0.338 e. The lowest BCUT2D eigenvalue weighted by Gasteiger charge is -2.09. The normalized spacial score (nSPS) is 10.3. The molecule has 0 saturated heterocycles. The second-order valence-electron chi connectivity index (χ2n) is 7.63. The van der Waals surface area contributed by atoms with Gasteiger partial charge in [0, 0.05) is 29.9 Å². The topological polar surface area (TPSA) is 154 Å². The van der Waals surface area contributed by atoms with Gasteiger partial charge in [-0.3, -0.25) is 24.5 Å². The van der Waals surface area contributed by atoms with Gasteiger partial charge in [0.1, 0.15) is 0 Å². The molecule has 0 aliphatic carbocycles. The molecule has 0 saturated carbocycles. The fraction of sp³-hybridized carbons (Fsp3) is 0.304. The number of nitro groups is 1. The number of anilines is 2. The van der Waals surface area contributed by atoms with Crippen LogP contribution in [-0.2, 0) is 23.9 Å². The predicted molar refractivity (Wildman–Crippen MR) is 122 cm³/mol. The molecule has 2 aromatic carbocycles. The maximum absolute atomic E-state index is 12.0. The van der Waals surface area contributed by atoms with E-state index in [1.165, 1.54) is 48.5 Å². The predicted octanol–water partition coefficient (Wildman–Crippen LogP) is 3.31. The van der Waals surface area contributed by atoms with Gasteiger partial charge in [-0.1, -0.05) is 19.9 Å². The molecule has 0 aliphatic rings. The molecule has 2 amide bonds. The highest BCUT2D eigenvalue weighted by Gasteiger charge is 2.13. The highest BCUT2D eigenvalue weighted by molar-refractivity contribution is 5.95. The van der Waals surface area contributed by atoms with Crippen molar-refractivity contribution in [1.29, 1.82) is 0 Å². The summed E-state index contributed by atoms with van der Waals surface area (Å²) in [5, 5.41) is 15.7. The molecule has 0 unspecified atom stereocenters. The summed E-state index contributed by atoms with van der Waals surface area (Å²) in [6.45, 7) is 3.60. The summed E-state index contributed by atoms with van der Waals surface area (Å²) < 4.78 is 9.97. The molecule has 0 atom stereocenters. The number of rotatable bonds is 11. The fourth-order valence-electron chi connectivity index (χ4n) is 2.57. The Morgan fingerprint density at radius 3 is 2.24 bits per heavy atom. The van der Waals surface area contributed by atoms with Gasteiger partial charge in [0.15, 0.2) is 6.61 Å². The number of hydrogen-bond acceptors (Lipinski definition) is 8. The van der Waals surface area contributed by atoms with E-state index in [-0.39, 0.29) is 30.1 Å². The summed E-state index contributed by atoms with van der Waals surface area (Å²) >= 11 is 0. The van der Waals surface area contributed by atoms with Crippen molar-refractivity contribution in [3.63, 3.8) is 0 Å². The van der Waals surface area contributed by atoms with Gasteiger partial charge in [-0.2, -0.15) is 0 Å². The Labute approximate surface area is 195 Å². The van der Waals surface area contributed by atoms with E-state index in [2.05, 4.69) is 10.6 Å². The summed E-state index contributed by atoms with van der Waals surface area (Å²) in [5.74, 6) is -2.13. The maximum atomic E-state index is 12.0. The molecule has 0 fully saturated rings. The van der Waals surface area contributed by atoms with Gasteiger partial charge in [-0.15, -0.1) is 0 Å². The Kier molecular flexibility index (Phi) is 9.69. The van der Waals surface area contributed by atoms with Gasteiger partial charge < -0.3 is 20.1 Å². The van der Waals surface area contributed by atoms with Crippen LogP contribution in [0.25, 0.3) is 0 Å². The van der Waals surface area contributed by atoms with E-state index in [9.17, 15) is 29.3 Å². The number of ether oxygens (including phenoxy) is 2. The van der Waals surface area contributed by atoms with E-state index >= 15 is 0 Å². The number of amides is 2. The number of nitrogens with one attached hydrogen (secondary N) is 2. The zero-order chi connectivity index (χ0) is 25.1. The van der Waals surface area contributed by atoms with Gasteiger partial charge in [0.05, 0.1) is 23.5 Å². The molecule has 0 spiro atoms. The van der Waals surface area contributed by atoms with Crippen LogP contribution in [0.3, 0.4) is 0 Å². The highest BCUT2D eigenvalue weighted by Crippen LogP contribution is 2.17. The van der Waals surface area contributed by atoms with Crippen LogP contribution in [0.4, 0.5) is 17.1 Å². The van der Waals surface area contributed by atoms with Gasteiger partial charge >= 0.3 is 11.9 Å². The van der Waals surface area contributed by atoms with Crippen molar-refractivity contribution in [2.24, 2.45) is 5.92 Å². The van der Waals surface area contributed by atoms with Crippen LogP contribution in [0.5, 0.6) is 0 Å². The number of carbonyl (C=O) groups is 4. The molecule has 11 nitrogen and oxygen atoms in total. The molecule has 0 bridgehead atoms. The van der Waals surface area contributed by atoms with Crippen LogP contribution in [0.15, 0.2) is 48.5 Å². The number of nitrogens with zero attached hydrogens (tertiary/aromatic N) is 1. The summed E-state index contributed by atoms with van der Waals surface area (Å²) in [4.78, 5) is 57.8. The van der Waals surface area contributed by atoms with Crippen LogP contribution in [0, 0.1) is 16.0 Å². The second kappa shape index (κ2) is 12.7. The summed E-state index contributed by atoms with van der Waals surface area (Å²) in [5.41, 5.74) is 0.793. The van der Waals surface area contributed by atoms with E-state index < -0.39 is 35.3 Å². The zero-order valence-corrected chi connectivity index (χ0v) is 18.7. The average molecular weight is 471 g/mol. The van der Waals surface area contributed by atoms with Crippen molar-refractivity contribution in [3.8, 4) is 0 Å². The molecule has 0 aromatic heterocycles. The Morgan fingerprint density at radius 1 is 0.912 bits per heavy atom. The Bertz CT molecular complexity index is 1050. The number of non-ortho nitro benzene ring substituents is 1. The van der Waals surface area contributed by atoms with Gasteiger partial charge in [0.2, 0.25) is 5.91 Å². The summed E-state index contributed by atoms with van der Waals surface area (Å²) in [7, 11) is 0. The summed E-state index contributed by atoms with van der Waals surface area (Å²) in [6.07, 6.45) is -0.501. The minimum atomic E-state index is -0.757. The molecule has 11 heteroatoms. The third-order valence-electron chi connectivity index (χ3n) is 4.21. The van der Waals surface area contributed by atoms with Crippen molar-refractivity contribution in [1.82, 2.24) is 0 Å². The van der Waals surface area contributed by atoms with Crippen LogP contribution >= 0.6 is 0 Å². The van der Waals surface area contributed by atoms with Gasteiger partial charge in [-0.05, 0) is 36.2 Å². The maximum Gasteiger partial charge on any atom is 0.338 e. The number of nitro benzene ring substituents is 1. The number of carbonyl (C=O) groups excluding carboxylic acids is 4. The van der Waals surface area contributed by atoms with E-state index in [4.69, 9.17) is 9.47 Å². The molecule has 2 rings (SSSR count). The van der Waals surface area contributed by atoms with Gasteiger partial charge in [0.25, 0.3) is 11.6 Å². The Morgan fingerprint density at radius 2 is 1.59 bits per heavy atom. The number of hydrogen-bond donors (Lipinski definition) is 2. The Balaban J connectivity index is 1.71. The second-order valence-corrected chi connectivity index (χ2v) is 7.63. The lowest BCUT2D eigenvalue weighted by atomic mass is 10.2. The molecular formula is C23H25N3O8. The van der Waals surface area contributed by atoms with Crippen molar-refractivity contribution < 1.29 is 33.6 Å². The minimum Gasteiger partial charge on any atom is -0.462 e. The van der Waals surface area contributed by atoms with Crippen LogP contribution in [0.1, 0.15) is 37.0 Å². The lowest BCUT2D eigenvalue weighted by molar-refractivity contribution is -0.384. The first-order chi connectivity index (χ1) is 16.1. The molecule has 0 radical (unpaired) electrons. The molecule has 2 N–H and O–H groups in total. The molecule has 0 aliphatic heterocycles. The fourth-order valence-corrected chi connectivity index (χ4v) is 2.57. The third kappa shape index (κ3) is 9.07. The van der Waals surface area contributed by atoms with E-state index in [0.29, 0.717) is 17.9 Å². The van der Waals surface area contributed by atoms with Crippen LogP contribution < -0.4 is 10.6 Å². The van der Waals surface area contributed by atoms with Crippen molar-refractivity contribution in [2.75, 3.05) is 23.8 Å². The number of esters is 2. The first-order valence-corrected chi connectivity index (χ1v) is 10.4. The van der Waals surface area contributed by atoms with E-state index in [1.54, 1.807) is 0 Å². The lowest BCUT2D eigenvalue weighted by Crippen LogP contribution is -2.21. The standard InChI is InChI=1S/C23H25N3O8/c1-15(2)13-34-23(30)16-6-8-17(9-7-16)24-21(28)14-33-22(29)11-10-20(27)25-18-4-3-5-19(12-18)26(31)32/h3-9,12,15H,10-11,13-14H2,1-2H3,(H,24,28)(H,25,27). The Hall–Kier alpha value is -4.28. The van der Waals surface area contributed by atoms with Gasteiger partial charge in [-0.25, -0.2) is 4.79 Å². The first kappa shape index (κ1) is 26.0. The van der Waals surface area contributed by atoms with Crippen LogP contribution in [0.2, 0.25) is 0 Å². The van der Waals surface area contributed by atoms with E-state index in [0.717, 1.165) is 0 Å². The minimum absolute atomic E-state index is 0.177. The monoisotopic (exact) mass is 471 g/mol. The summed E-state index contributed by atoms with van der Waals surface area (Å²) in [6, 6.07) is 11.4. The van der Waals surface area contributed by atoms with Crippen LogP contribution in [-0.4, -0.2) is 41.9 Å². The van der Waals surface area contributed by atoms with Crippen molar-refractivity contribution >= 4 is 40.8 Å².